The van der Waals surface area contributed by atoms with Crippen LogP contribution in [0, 0.1) is 5.82 Å². The molecular weight excluding hydrogens is 394 g/mol. The third kappa shape index (κ3) is 4.01. The maximum atomic E-state index is 14.1. The van der Waals surface area contributed by atoms with Gasteiger partial charge in [0.25, 0.3) is 5.91 Å². The third-order valence-electron chi connectivity index (χ3n) is 4.42. The van der Waals surface area contributed by atoms with Crippen molar-refractivity contribution in [3.63, 3.8) is 0 Å². The van der Waals surface area contributed by atoms with Crippen LogP contribution in [0.2, 0.25) is 10.0 Å². The number of likely N-dealkylation sites (tertiary alicyclic amines) is 1. The van der Waals surface area contributed by atoms with Crippen molar-refractivity contribution in [2.45, 2.75) is 18.9 Å². The number of carbonyl (C=O) groups excluding carboxylic acids is 2. The monoisotopic (exact) mass is 410 g/mol. The van der Waals surface area contributed by atoms with Crippen LogP contribution in [0.1, 0.15) is 23.2 Å². The predicted molar refractivity (Wildman–Crippen MR) is 102 cm³/mol. The first-order valence-corrected chi connectivity index (χ1v) is 9.07. The quantitative estimate of drug-likeness (QED) is 0.812. The van der Waals surface area contributed by atoms with Crippen molar-refractivity contribution in [3.8, 4) is 5.75 Å². The van der Waals surface area contributed by atoms with Crippen molar-refractivity contribution < 1.29 is 18.7 Å². The highest BCUT2D eigenvalue weighted by Crippen LogP contribution is 2.29. The highest BCUT2D eigenvalue weighted by molar-refractivity contribution is 6.31. The number of nitrogens with zero attached hydrogens (tertiary/aromatic N) is 1. The second-order valence-corrected chi connectivity index (χ2v) is 6.94. The molecule has 1 fully saturated rings. The summed E-state index contributed by atoms with van der Waals surface area (Å²) in [5.41, 5.74) is 0.255. The second-order valence-electron chi connectivity index (χ2n) is 6.09. The van der Waals surface area contributed by atoms with Gasteiger partial charge in [-0.25, -0.2) is 4.39 Å². The summed E-state index contributed by atoms with van der Waals surface area (Å²) < 4.78 is 19.3. The maximum absolute atomic E-state index is 14.1. The number of rotatable bonds is 4. The Bertz CT molecular complexity index is 891. The van der Waals surface area contributed by atoms with E-state index in [1.807, 2.05) is 0 Å². The van der Waals surface area contributed by atoms with E-state index >= 15 is 0 Å². The van der Waals surface area contributed by atoms with Crippen LogP contribution in [0.4, 0.5) is 10.1 Å². The summed E-state index contributed by atoms with van der Waals surface area (Å²) in [6, 6.07) is 8.35. The summed E-state index contributed by atoms with van der Waals surface area (Å²) in [5.74, 6) is -1.17. The lowest BCUT2D eigenvalue weighted by molar-refractivity contribution is -0.119. The van der Waals surface area contributed by atoms with Gasteiger partial charge in [-0.15, -0.1) is 0 Å². The highest BCUT2D eigenvalue weighted by atomic mass is 35.5. The van der Waals surface area contributed by atoms with E-state index in [1.165, 1.54) is 36.3 Å². The van der Waals surface area contributed by atoms with Crippen LogP contribution in [0.15, 0.2) is 36.4 Å². The first kappa shape index (κ1) is 19.5. The molecule has 1 aliphatic rings. The van der Waals surface area contributed by atoms with Gasteiger partial charge in [-0.3, -0.25) is 9.59 Å². The highest BCUT2D eigenvalue weighted by Gasteiger charge is 2.36. The van der Waals surface area contributed by atoms with E-state index in [4.69, 9.17) is 27.9 Å². The molecule has 0 bridgehead atoms. The Morgan fingerprint density at radius 2 is 2.04 bits per heavy atom. The van der Waals surface area contributed by atoms with E-state index < -0.39 is 17.8 Å². The van der Waals surface area contributed by atoms with E-state index in [0.29, 0.717) is 30.2 Å². The van der Waals surface area contributed by atoms with Gasteiger partial charge in [-0.05, 0) is 43.2 Å². The zero-order chi connectivity index (χ0) is 19.6. The number of nitrogens with one attached hydrogen (secondary N) is 1. The molecule has 1 atom stereocenters. The minimum atomic E-state index is -0.723. The molecule has 27 heavy (non-hydrogen) atoms. The zero-order valence-electron chi connectivity index (χ0n) is 14.5. The number of hydrogen-bond acceptors (Lipinski definition) is 3. The van der Waals surface area contributed by atoms with Gasteiger partial charge in [0.15, 0.2) is 5.82 Å². The normalized spacial score (nSPS) is 16.3. The zero-order valence-corrected chi connectivity index (χ0v) is 16.0. The van der Waals surface area contributed by atoms with Crippen molar-refractivity contribution in [1.29, 1.82) is 0 Å². The van der Waals surface area contributed by atoms with Crippen LogP contribution in [0.5, 0.6) is 5.75 Å². The SMILES string of the molecule is COc1ccc(Cl)cc1C(=O)N1CCCC1C(=O)Nc1cccc(Cl)c1F. The summed E-state index contributed by atoms with van der Waals surface area (Å²) in [6.07, 6.45) is 1.13. The van der Waals surface area contributed by atoms with Gasteiger partial charge in [0.05, 0.1) is 23.4 Å². The first-order chi connectivity index (χ1) is 12.9. The third-order valence-corrected chi connectivity index (χ3v) is 4.94. The standard InChI is InChI=1S/C19H17Cl2FN2O3/c1-27-16-8-7-11(20)10-12(16)19(26)24-9-3-6-15(24)18(25)23-14-5-2-4-13(21)17(14)22/h2,4-5,7-8,10,15H,3,6,9H2,1H3,(H,23,25). The lowest BCUT2D eigenvalue weighted by Crippen LogP contribution is -2.43. The predicted octanol–water partition coefficient (Wildman–Crippen LogP) is 4.38. The molecule has 0 aliphatic carbocycles. The van der Waals surface area contributed by atoms with Crippen LogP contribution in [0.25, 0.3) is 0 Å². The molecule has 1 saturated heterocycles. The van der Waals surface area contributed by atoms with Crippen LogP contribution in [-0.2, 0) is 4.79 Å². The number of anilines is 1. The van der Waals surface area contributed by atoms with Gasteiger partial charge in [0.1, 0.15) is 11.8 Å². The van der Waals surface area contributed by atoms with Crippen molar-refractivity contribution in [3.05, 3.63) is 57.8 Å². The van der Waals surface area contributed by atoms with E-state index in [9.17, 15) is 14.0 Å². The van der Waals surface area contributed by atoms with E-state index in [0.717, 1.165) is 0 Å². The Hall–Kier alpha value is -2.31. The van der Waals surface area contributed by atoms with Crippen LogP contribution in [0.3, 0.4) is 0 Å². The molecule has 2 amide bonds. The van der Waals surface area contributed by atoms with E-state index in [-0.39, 0.29) is 22.2 Å². The summed E-state index contributed by atoms with van der Waals surface area (Å²) in [4.78, 5) is 27.1. The van der Waals surface area contributed by atoms with Gasteiger partial charge in [0, 0.05) is 11.6 Å². The molecule has 0 spiro atoms. The largest absolute Gasteiger partial charge is 0.496 e. The summed E-state index contributed by atoms with van der Waals surface area (Å²) in [7, 11) is 1.45. The average molecular weight is 411 g/mol. The Morgan fingerprint density at radius 1 is 1.26 bits per heavy atom. The van der Waals surface area contributed by atoms with Crippen LogP contribution < -0.4 is 10.1 Å². The molecule has 0 saturated carbocycles. The van der Waals surface area contributed by atoms with Crippen LogP contribution >= 0.6 is 23.2 Å². The molecule has 5 nitrogen and oxygen atoms in total. The summed E-state index contributed by atoms with van der Waals surface area (Å²) in [5, 5.41) is 2.82. The van der Waals surface area contributed by atoms with Gasteiger partial charge in [-0.2, -0.15) is 0 Å². The molecule has 142 valence electrons. The molecular formula is C19H17Cl2FN2O3. The molecule has 0 radical (unpaired) electrons. The lowest BCUT2D eigenvalue weighted by Gasteiger charge is -2.25. The number of halogens is 3. The Morgan fingerprint density at radius 3 is 2.78 bits per heavy atom. The number of hydrogen-bond donors (Lipinski definition) is 1. The number of carbonyl (C=O) groups is 2. The molecule has 2 aromatic rings. The number of benzene rings is 2. The van der Waals surface area contributed by atoms with Crippen molar-refractivity contribution in [1.82, 2.24) is 4.90 Å². The smallest absolute Gasteiger partial charge is 0.258 e. The molecule has 3 rings (SSSR count). The van der Waals surface area contributed by atoms with Gasteiger partial charge >= 0.3 is 0 Å². The van der Waals surface area contributed by atoms with Gasteiger partial charge in [0.2, 0.25) is 5.91 Å². The summed E-state index contributed by atoms with van der Waals surface area (Å²) in [6.45, 7) is 0.407. The molecule has 1 aliphatic heterocycles. The van der Waals surface area contributed by atoms with Crippen molar-refractivity contribution >= 4 is 40.7 Å². The van der Waals surface area contributed by atoms with E-state index in [1.54, 1.807) is 12.1 Å². The fraction of sp³-hybridized carbons (Fsp3) is 0.263. The molecule has 1 N–H and O–H groups in total. The molecule has 8 heteroatoms. The minimum absolute atomic E-state index is 0.0212. The minimum Gasteiger partial charge on any atom is -0.496 e. The van der Waals surface area contributed by atoms with Crippen molar-refractivity contribution in [2.24, 2.45) is 0 Å². The topological polar surface area (TPSA) is 58.6 Å². The molecule has 1 unspecified atom stereocenters. The van der Waals surface area contributed by atoms with Crippen LogP contribution in [-0.4, -0.2) is 36.4 Å². The first-order valence-electron chi connectivity index (χ1n) is 8.31. The number of amides is 2. The van der Waals surface area contributed by atoms with Gasteiger partial charge in [-0.1, -0.05) is 29.3 Å². The maximum Gasteiger partial charge on any atom is 0.258 e. The van der Waals surface area contributed by atoms with E-state index in [2.05, 4.69) is 5.32 Å². The molecule has 0 aromatic heterocycles. The number of ether oxygens (including phenoxy) is 1. The second kappa shape index (κ2) is 8.15. The Labute approximate surface area is 166 Å². The average Bonchev–Trinajstić information content (AvgIpc) is 3.14. The summed E-state index contributed by atoms with van der Waals surface area (Å²) >= 11 is 11.8. The number of methoxy groups -OCH3 is 1. The fourth-order valence-corrected chi connectivity index (χ4v) is 3.45. The molecule has 1 heterocycles. The van der Waals surface area contributed by atoms with Gasteiger partial charge < -0.3 is 15.0 Å². The Kier molecular flexibility index (Phi) is 5.87. The molecule has 2 aromatic carbocycles. The van der Waals surface area contributed by atoms with Crippen molar-refractivity contribution in [2.75, 3.05) is 19.0 Å². The lowest BCUT2D eigenvalue weighted by atomic mass is 10.1. The fourth-order valence-electron chi connectivity index (χ4n) is 3.10. The Balaban J connectivity index is 1.83.